The number of hydrogen-bond donors (Lipinski definition) is 1. The second-order valence-electron chi connectivity index (χ2n) is 5.95. The minimum Gasteiger partial charge on any atom is -0.494 e. The van der Waals surface area contributed by atoms with E-state index in [4.69, 9.17) is 10.5 Å². The van der Waals surface area contributed by atoms with Crippen molar-refractivity contribution in [2.24, 2.45) is 5.73 Å². The fourth-order valence-electron chi connectivity index (χ4n) is 3.33. The molecule has 3 nitrogen and oxygen atoms in total. The predicted octanol–water partition coefficient (Wildman–Crippen LogP) is 3.57. The van der Waals surface area contributed by atoms with Gasteiger partial charge in [0.1, 0.15) is 5.75 Å². The number of nitrogens with zero attached hydrogens (tertiary/aromatic N) is 1. The third-order valence-corrected chi connectivity index (χ3v) is 4.40. The van der Waals surface area contributed by atoms with E-state index in [1.165, 1.54) is 44.1 Å². The molecule has 1 fully saturated rings. The Morgan fingerprint density at radius 1 is 1.14 bits per heavy atom. The van der Waals surface area contributed by atoms with Gasteiger partial charge in [-0.2, -0.15) is 0 Å². The number of benzene rings is 1. The van der Waals surface area contributed by atoms with Crippen molar-refractivity contribution in [3.63, 3.8) is 0 Å². The Morgan fingerprint density at radius 2 is 1.86 bits per heavy atom. The zero-order chi connectivity index (χ0) is 14.9. The second-order valence-corrected chi connectivity index (χ2v) is 5.95. The van der Waals surface area contributed by atoms with Crippen LogP contribution in [0.25, 0.3) is 0 Å². The van der Waals surface area contributed by atoms with E-state index >= 15 is 0 Å². The zero-order valence-electron chi connectivity index (χ0n) is 13.4. The molecule has 0 amide bonds. The summed E-state index contributed by atoms with van der Waals surface area (Å²) in [5.74, 6) is 1.02. The van der Waals surface area contributed by atoms with E-state index in [-0.39, 0.29) is 0 Å². The normalized spacial score (nSPS) is 16.9. The highest BCUT2D eigenvalue weighted by Gasteiger charge is 2.20. The van der Waals surface area contributed by atoms with Crippen molar-refractivity contribution >= 4 is 0 Å². The number of rotatable bonds is 7. The highest BCUT2D eigenvalue weighted by atomic mass is 16.5. The molecule has 0 bridgehead atoms. The minimum atomic E-state index is 0.686. The topological polar surface area (TPSA) is 38.5 Å². The molecule has 0 spiro atoms. The maximum absolute atomic E-state index is 5.85. The molecule has 0 aromatic heterocycles. The van der Waals surface area contributed by atoms with Gasteiger partial charge in [-0.05, 0) is 25.8 Å². The Hall–Kier alpha value is -1.06. The molecule has 1 saturated carbocycles. The van der Waals surface area contributed by atoms with Gasteiger partial charge in [0.15, 0.2) is 0 Å². The van der Waals surface area contributed by atoms with Gasteiger partial charge < -0.3 is 10.5 Å². The van der Waals surface area contributed by atoms with Gasteiger partial charge in [0.25, 0.3) is 0 Å². The molecule has 1 aliphatic carbocycles. The molecule has 0 aliphatic heterocycles. The van der Waals surface area contributed by atoms with E-state index in [0.717, 1.165) is 32.0 Å². The van der Waals surface area contributed by atoms with Gasteiger partial charge in [0, 0.05) is 31.2 Å². The Kier molecular flexibility index (Phi) is 7.04. The lowest BCUT2D eigenvalue weighted by atomic mass is 10.1. The van der Waals surface area contributed by atoms with Crippen LogP contribution in [0.3, 0.4) is 0 Å². The van der Waals surface area contributed by atoms with Gasteiger partial charge in [-0.15, -0.1) is 0 Å². The molecule has 21 heavy (non-hydrogen) atoms. The summed E-state index contributed by atoms with van der Waals surface area (Å²) < 4.78 is 5.77. The number of ether oxygens (including phenoxy) is 1. The van der Waals surface area contributed by atoms with Gasteiger partial charge in [-0.25, -0.2) is 0 Å². The molecule has 1 aliphatic rings. The van der Waals surface area contributed by atoms with Crippen LogP contribution in [0.2, 0.25) is 0 Å². The van der Waals surface area contributed by atoms with Crippen molar-refractivity contribution in [1.82, 2.24) is 4.90 Å². The highest BCUT2D eigenvalue weighted by Crippen LogP contribution is 2.26. The minimum absolute atomic E-state index is 0.686. The summed E-state index contributed by atoms with van der Waals surface area (Å²) >= 11 is 0. The highest BCUT2D eigenvalue weighted by molar-refractivity contribution is 5.33. The standard InChI is InChI=1S/C18H30N2O/c1-2-21-18-12-8-7-9-16(18)15-20(14-13-19)17-10-5-3-4-6-11-17/h7-9,12,17H,2-6,10-11,13-15,19H2,1H3. The van der Waals surface area contributed by atoms with Crippen LogP contribution in [0.1, 0.15) is 51.0 Å². The molecule has 1 aromatic carbocycles. The molecule has 1 aromatic rings. The average Bonchev–Trinajstić information content (AvgIpc) is 2.78. The van der Waals surface area contributed by atoms with Gasteiger partial charge in [0.2, 0.25) is 0 Å². The van der Waals surface area contributed by atoms with Crippen molar-refractivity contribution in [3.05, 3.63) is 29.8 Å². The summed E-state index contributed by atoms with van der Waals surface area (Å²) in [6.45, 7) is 5.42. The first kappa shape index (κ1) is 16.3. The number of hydrogen-bond acceptors (Lipinski definition) is 3. The van der Waals surface area contributed by atoms with Crippen molar-refractivity contribution in [2.45, 2.75) is 58.0 Å². The first-order valence-electron chi connectivity index (χ1n) is 8.50. The molecule has 118 valence electrons. The largest absolute Gasteiger partial charge is 0.494 e. The summed E-state index contributed by atoms with van der Waals surface area (Å²) in [5.41, 5.74) is 7.14. The summed E-state index contributed by atoms with van der Waals surface area (Å²) in [4.78, 5) is 2.57. The average molecular weight is 290 g/mol. The van der Waals surface area contributed by atoms with E-state index in [2.05, 4.69) is 23.1 Å². The van der Waals surface area contributed by atoms with Crippen LogP contribution in [0.4, 0.5) is 0 Å². The van der Waals surface area contributed by atoms with Crippen LogP contribution in [-0.2, 0) is 6.54 Å². The summed E-state index contributed by atoms with van der Waals surface area (Å²) in [7, 11) is 0. The van der Waals surface area contributed by atoms with E-state index in [1.54, 1.807) is 0 Å². The van der Waals surface area contributed by atoms with Crippen LogP contribution >= 0.6 is 0 Å². The van der Waals surface area contributed by atoms with Crippen LogP contribution in [0, 0.1) is 0 Å². The Morgan fingerprint density at radius 3 is 2.52 bits per heavy atom. The first-order chi connectivity index (χ1) is 10.3. The monoisotopic (exact) mass is 290 g/mol. The van der Waals surface area contributed by atoms with Crippen LogP contribution < -0.4 is 10.5 Å². The summed E-state index contributed by atoms with van der Waals surface area (Å²) in [6, 6.07) is 9.10. The van der Waals surface area contributed by atoms with E-state index in [0.29, 0.717) is 6.04 Å². The molecule has 2 rings (SSSR count). The van der Waals surface area contributed by atoms with Gasteiger partial charge >= 0.3 is 0 Å². The van der Waals surface area contributed by atoms with Gasteiger partial charge in [0.05, 0.1) is 6.61 Å². The van der Waals surface area contributed by atoms with Crippen molar-refractivity contribution in [3.8, 4) is 5.75 Å². The molecule has 0 atom stereocenters. The molecule has 3 heteroatoms. The zero-order valence-corrected chi connectivity index (χ0v) is 13.4. The number of nitrogens with two attached hydrogens (primary N) is 1. The quantitative estimate of drug-likeness (QED) is 0.780. The van der Waals surface area contributed by atoms with E-state index in [9.17, 15) is 0 Å². The smallest absolute Gasteiger partial charge is 0.123 e. The molecule has 2 N–H and O–H groups in total. The lowest BCUT2D eigenvalue weighted by molar-refractivity contribution is 0.172. The molecule has 0 radical (unpaired) electrons. The summed E-state index contributed by atoms with van der Waals surface area (Å²) in [6.07, 6.45) is 8.14. The predicted molar refractivity (Wildman–Crippen MR) is 88.6 cm³/mol. The Balaban J connectivity index is 2.07. The fourth-order valence-corrected chi connectivity index (χ4v) is 3.33. The van der Waals surface area contributed by atoms with Crippen molar-refractivity contribution in [2.75, 3.05) is 19.7 Å². The fraction of sp³-hybridized carbons (Fsp3) is 0.667. The Labute approximate surface area is 129 Å². The number of para-hydroxylation sites is 1. The van der Waals surface area contributed by atoms with Crippen LogP contribution in [-0.4, -0.2) is 30.6 Å². The molecule has 0 saturated heterocycles. The van der Waals surface area contributed by atoms with E-state index < -0.39 is 0 Å². The summed E-state index contributed by atoms with van der Waals surface area (Å²) in [5, 5.41) is 0. The van der Waals surface area contributed by atoms with Crippen molar-refractivity contribution in [1.29, 1.82) is 0 Å². The van der Waals surface area contributed by atoms with E-state index in [1.807, 2.05) is 13.0 Å². The van der Waals surface area contributed by atoms with Gasteiger partial charge in [-0.1, -0.05) is 43.9 Å². The van der Waals surface area contributed by atoms with Crippen LogP contribution in [0.5, 0.6) is 5.75 Å². The van der Waals surface area contributed by atoms with Gasteiger partial charge in [-0.3, -0.25) is 4.90 Å². The lowest BCUT2D eigenvalue weighted by Gasteiger charge is -2.31. The third kappa shape index (κ3) is 5.01. The molecule has 0 heterocycles. The van der Waals surface area contributed by atoms with Crippen molar-refractivity contribution < 1.29 is 4.74 Å². The molecule has 0 unspecified atom stereocenters. The maximum atomic E-state index is 5.85. The molecular weight excluding hydrogens is 260 g/mol. The Bertz CT molecular complexity index is 400. The lowest BCUT2D eigenvalue weighted by Crippen LogP contribution is -2.38. The first-order valence-corrected chi connectivity index (χ1v) is 8.50. The van der Waals surface area contributed by atoms with Crippen LogP contribution in [0.15, 0.2) is 24.3 Å². The molecular formula is C18H30N2O. The maximum Gasteiger partial charge on any atom is 0.123 e. The third-order valence-electron chi connectivity index (χ3n) is 4.40. The second kappa shape index (κ2) is 9.06. The SMILES string of the molecule is CCOc1ccccc1CN(CCN)C1CCCCCC1.